The van der Waals surface area contributed by atoms with Crippen LogP contribution in [0.2, 0.25) is 0 Å². The first-order valence-electron chi connectivity index (χ1n) is 14.2. The molecule has 0 aliphatic carbocycles. The zero-order valence-corrected chi connectivity index (χ0v) is 26.1. The SMILES string of the molecule is CCNC(=O)[C@H](C)N(Cc1cccc(OC)c1)C(=O)CN(c1ccc(Oc2ccccc2)cc1)S(=O)(=O)c1ccc(C)cc1. The van der Waals surface area contributed by atoms with Crippen LogP contribution < -0.4 is 19.1 Å². The van der Waals surface area contributed by atoms with Crippen LogP contribution in [0.4, 0.5) is 5.69 Å². The lowest BCUT2D eigenvalue weighted by Crippen LogP contribution is -2.51. The van der Waals surface area contributed by atoms with Gasteiger partial charge in [0, 0.05) is 13.1 Å². The Hall–Kier alpha value is -4.83. The minimum Gasteiger partial charge on any atom is -0.497 e. The second-order valence-electron chi connectivity index (χ2n) is 10.2. The molecular weight excluding hydrogens is 578 g/mol. The van der Waals surface area contributed by atoms with Crippen molar-refractivity contribution in [1.82, 2.24) is 10.2 Å². The number of carbonyl (C=O) groups is 2. The van der Waals surface area contributed by atoms with Gasteiger partial charge in [-0.2, -0.15) is 0 Å². The first-order valence-corrected chi connectivity index (χ1v) is 15.7. The fourth-order valence-electron chi connectivity index (χ4n) is 4.54. The fourth-order valence-corrected chi connectivity index (χ4v) is 5.96. The Morgan fingerprint density at radius 2 is 1.48 bits per heavy atom. The molecule has 10 heteroatoms. The van der Waals surface area contributed by atoms with Gasteiger partial charge in [-0.1, -0.05) is 48.0 Å². The third-order valence-electron chi connectivity index (χ3n) is 7.00. The zero-order valence-electron chi connectivity index (χ0n) is 25.3. The van der Waals surface area contributed by atoms with Crippen LogP contribution >= 0.6 is 0 Å². The molecule has 1 N–H and O–H groups in total. The molecule has 0 aliphatic rings. The molecule has 9 nitrogen and oxygen atoms in total. The summed E-state index contributed by atoms with van der Waals surface area (Å²) in [7, 11) is -2.64. The second-order valence-corrected chi connectivity index (χ2v) is 12.0. The average Bonchev–Trinajstić information content (AvgIpc) is 3.03. The Labute approximate surface area is 259 Å². The number of rotatable bonds is 13. The number of para-hydroxylation sites is 1. The summed E-state index contributed by atoms with van der Waals surface area (Å²) in [5.41, 5.74) is 1.89. The number of ether oxygens (including phenoxy) is 2. The average molecular weight is 616 g/mol. The molecular formula is C34H37N3O6S. The van der Waals surface area contributed by atoms with Crippen molar-refractivity contribution in [3.8, 4) is 17.2 Å². The molecule has 0 aromatic heterocycles. The van der Waals surface area contributed by atoms with E-state index in [2.05, 4.69) is 5.32 Å². The summed E-state index contributed by atoms with van der Waals surface area (Å²) >= 11 is 0. The molecule has 4 aromatic rings. The molecule has 44 heavy (non-hydrogen) atoms. The van der Waals surface area contributed by atoms with Crippen LogP contribution in [-0.4, -0.2) is 51.4 Å². The zero-order chi connectivity index (χ0) is 31.7. The van der Waals surface area contributed by atoms with Crippen LogP contribution in [0.3, 0.4) is 0 Å². The van der Waals surface area contributed by atoms with Crippen molar-refractivity contribution in [3.63, 3.8) is 0 Å². The molecule has 4 rings (SSSR count). The topological polar surface area (TPSA) is 105 Å². The van der Waals surface area contributed by atoms with E-state index in [1.165, 1.54) is 17.0 Å². The molecule has 0 bridgehead atoms. The van der Waals surface area contributed by atoms with E-state index in [4.69, 9.17) is 9.47 Å². The lowest BCUT2D eigenvalue weighted by atomic mass is 10.1. The number of aryl methyl sites for hydroxylation is 1. The minimum absolute atomic E-state index is 0.0385. The maximum Gasteiger partial charge on any atom is 0.264 e. The number of nitrogens with zero attached hydrogens (tertiary/aromatic N) is 2. The van der Waals surface area contributed by atoms with E-state index in [-0.39, 0.29) is 23.0 Å². The number of hydrogen-bond acceptors (Lipinski definition) is 6. The number of nitrogens with one attached hydrogen (secondary N) is 1. The fraction of sp³-hybridized carbons (Fsp3) is 0.235. The number of sulfonamides is 1. The molecule has 0 saturated heterocycles. The molecule has 230 valence electrons. The molecule has 2 amide bonds. The van der Waals surface area contributed by atoms with Gasteiger partial charge in [0.25, 0.3) is 10.0 Å². The number of hydrogen-bond donors (Lipinski definition) is 1. The number of anilines is 1. The first-order chi connectivity index (χ1) is 21.1. The molecule has 0 heterocycles. The minimum atomic E-state index is -4.19. The Balaban J connectivity index is 1.70. The van der Waals surface area contributed by atoms with E-state index >= 15 is 0 Å². The van der Waals surface area contributed by atoms with Gasteiger partial charge in [0.2, 0.25) is 11.8 Å². The highest BCUT2D eigenvalue weighted by Crippen LogP contribution is 2.29. The highest BCUT2D eigenvalue weighted by atomic mass is 32.2. The van der Waals surface area contributed by atoms with Crippen LogP contribution in [0.15, 0.2) is 108 Å². The molecule has 1 atom stereocenters. The Morgan fingerprint density at radius 3 is 2.11 bits per heavy atom. The highest BCUT2D eigenvalue weighted by molar-refractivity contribution is 7.92. The van der Waals surface area contributed by atoms with E-state index in [0.717, 1.165) is 15.4 Å². The molecule has 0 fully saturated rings. The first kappa shape index (κ1) is 32.1. The Kier molecular flexibility index (Phi) is 10.6. The van der Waals surface area contributed by atoms with Gasteiger partial charge in [-0.15, -0.1) is 0 Å². The number of amides is 2. The van der Waals surface area contributed by atoms with Crippen molar-refractivity contribution in [1.29, 1.82) is 0 Å². The summed E-state index contributed by atoms with van der Waals surface area (Å²) in [5.74, 6) is 0.837. The Morgan fingerprint density at radius 1 is 0.841 bits per heavy atom. The van der Waals surface area contributed by atoms with Crippen LogP contribution in [0.5, 0.6) is 17.2 Å². The van der Waals surface area contributed by atoms with Gasteiger partial charge in [-0.25, -0.2) is 8.42 Å². The number of likely N-dealkylation sites (N-methyl/N-ethyl adjacent to an activating group) is 1. The summed E-state index contributed by atoms with van der Waals surface area (Å²) in [6, 6.07) is 28.4. The van der Waals surface area contributed by atoms with Crippen molar-refractivity contribution in [2.24, 2.45) is 0 Å². The maximum atomic E-state index is 14.1. The van der Waals surface area contributed by atoms with Crippen molar-refractivity contribution >= 4 is 27.5 Å². The monoisotopic (exact) mass is 615 g/mol. The molecule has 4 aromatic carbocycles. The largest absolute Gasteiger partial charge is 0.497 e. The van der Waals surface area contributed by atoms with E-state index in [1.54, 1.807) is 75.6 Å². The van der Waals surface area contributed by atoms with Crippen LogP contribution in [0.25, 0.3) is 0 Å². The number of carbonyl (C=O) groups excluding carboxylic acids is 2. The maximum absolute atomic E-state index is 14.1. The third kappa shape index (κ3) is 7.96. The van der Waals surface area contributed by atoms with E-state index in [0.29, 0.717) is 23.8 Å². The van der Waals surface area contributed by atoms with Crippen molar-refractivity contribution in [2.45, 2.75) is 38.3 Å². The van der Waals surface area contributed by atoms with Crippen molar-refractivity contribution in [2.75, 3.05) is 24.5 Å². The van der Waals surface area contributed by atoms with E-state index < -0.39 is 28.5 Å². The van der Waals surface area contributed by atoms with Gasteiger partial charge < -0.3 is 19.7 Å². The quantitative estimate of drug-likeness (QED) is 0.212. The standard InChI is InChI=1S/C34H37N3O6S/c1-5-35-34(39)26(3)36(23-27-10-9-13-31(22-27)42-4)33(38)24-37(44(40,41)32-20-14-25(2)15-21-32)28-16-18-30(19-17-28)43-29-11-7-6-8-12-29/h6-22,26H,5,23-24H2,1-4H3,(H,35,39)/t26-/m0/s1. The van der Waals surface area contributed by atoms with Gasteiger partial charge >= 0.3 is 0 Å². The summed E-state index contributed by atoms with van der Waals surface area (Å²) in [5, 5.41) is 2.76. The third-order valence-corrected chi connectivity index (χ3v) is 8.78. The molecule has 0 saturated carbocycles. The summed E-state index contributed by atoms with van der Waals surface area (Å²) in [4.78, 5) is 28.4. The van der Waals surface area contributed by atoms with Crippen LogP contribution in [0.1, 0.15) is 25.0 Å². The van der Waals surface area contributed by atoms with Gasteiger partial charge in [-0.3, -0.25) is 13.9 Å². The predicted octanol–water partition coefficient (Wildman–Crippen LogP) is 5.54. The van der Waals surface area contributed by atoms with Gasteiger partial charge in [0.15, 0.2) is 0 Å². The normalized spacial score (nSPS) is 11.7. The highest BCUT2D eigenvalue weighted by Gasteiger charge is 2.32. The van der Waals surface area contributed by atoms with E-state index in [1.807, 2.05) is 43.3 Å². The second kappa shape index (κ2) is 14.6. The molecule has 0 aliphatic heterocycles. The molecule has 0 unspecified atom stereocenters. The molecule has 0 spiro atoms. The Bertz CT molecular complexity index is 1660. The summed E-state index contributed by atoms with van der Waals surface area (Å²) in [6.07, 6.45) is 0. The summed E-state index contributed by atoms with van der Waals surface area (Å²) in [6.45, 7) is 5.19. The van der Waals surface area contributed by atoms with E-state index in [9.17, 15) is 18.0 Å². The lowest BCUT2D eigenvalue weighted by Gasteiger charge is -2.32. The van der Waals surface area contributed by atoms with Gasteiger partial charge in [0.05, 0.1) is 17.7 Å². The lowest BCUT2D eigenvalue weighted by molar-refractivity contribution is -0.139. The van der Waals surface area contributed by atoms with Crippen LogP contribution in [-0.2, 0) is 26.2 Å². The number of methoxy groups -OCH3 is 1. The number of benzene rings is 4. The predicted molar refractivity (Wildman–Crippen MR) is 170 cm³/mol. The van der Waals surface area contributed by atoms with Crippen molar-refractivity contribution in [3.05, 3.63) is 114 Å². The molecule has 0 radical (unpaired) electrons. The van der Waals surface area contributed by atoms with Gasteiger partial charge in [0.1, 0.15) is 29.8 Å². The summed E-state index contributed by atoms with van der Waals surface area (Å²) < 4.78 is 40.4. The van der Waals surface area contributed by atoms with Crippen LogP contribution in [0, 0.1) is 6.92 Å². The smallest absolute Gasteiger partial charge is 0.264 e. The van der Waals surface area contributed by atoms with Gasteiger partial charge in [-0.05, 0) is 87.0 Å². The van der Waals surface area contributed by atoms with Crippen molar-refractivity contribution < 1.29 is 27.5 Å².